The van der Waals surface area contributed by atoms with Crippen LogP contribution in [-0.4, -0.2) is 36.1 Å². The molecule has 1 aliphatic carbocycles. The van der Waals surface area contributed by atoms with Gasteiger partial charge in [-0.2, -0.15) is 0 Å². The van der Waals surface area contributed by atoms with Crippen LogP contribution >= 0.6 is 0 Å². The molecule has 2 atom stereocenters. The maximum atomic E-state index is 6.46. The number of nitrogens with one attached hydrogen (secondary N) is 1. The van der Waals surface area contributed by atoms with Crippen LogP contribution in [0.3, 0.4) is 0 Å². The van der Waals surface area contributed by atoms with Gasteiger partial charge < -0.3 is 20.7 Å². The number of nitrogens with two attached hydrogens (primary N) is 1. The van der Waals surface area contributed by atoms with E-state index in [9.17, 15) is 0 Å². The van der Waals surface area contributed by atoms with E-state index < -0.39 is 0 Å². The highest BCUT2D eigenvalue weighted by molar-refractivity contribution is 5.74. The van der Waals surface area contributed by atoms with E-state index in [1.54, 1.807) is 6.33 Å². The van der Waals surface area contributed by atoms with Crippen molar-refractivity contribution < 1.29 is 4.74 Å². The molecule has 3 aromatic rings. The van der Waals surface area contributed by atoms with Crippen molar-refractivity contribution in [3.8, 4) is 5.75 Å². The summed E-state index contributed by atoms with van der Waals surface area (Å²) in [4.78, 5) is 11.9. The third-order valence-electron chi connectivity index (χ3n) is 8.02. The molecule has 176 valence electrons. The van der Waals surface area contributed by atoms with Gasteiger partial charge >= 0.3 is 0 Å². The molecule has 1 fully saturated rings. The van der Waals surface area contributed by atoms with E-state index in [0.29, 0.717) is 12.5 Å². The Labute approximate surface area is 201 Å². The van der Waals surface area contributed by atoms with Crippen LogP contribution in [0.25, 0.3) is 0 Å². The van der Waals surface area contributed by atoms with Gasteiger partial charge in [0.15, 0.2) is 0 Å². The number of rotatable bonds is 5. The lowest BCUT2D eigenvalue weighted by molar-refractivity contribution is 0.213. The molecule has 1 aromatic heterocycles. The first kappa shape index (κ1) is 21.6. The van der Waals surface area contributed by atoms with E-state index in [4.69, 9.17) is 15.5 Å². The standard InChI is InChI=1S/C28H33N5O/c1-19-7-9-23-26(19)27(32-18-31-23)33-17-28(11-13-30-14-12-28)22-15-21(8-10-24(22)33)34-25(16-29)20-5-3-2-4-6-20/h2-6,8,10,15,18-19,25,30H,7,9,11-14,16-17,29H2,1H3. The van der Waals surface area contributed by atoms with Crippen LogP contribution in [0.4, 0.5) is 11.5 Å². The number of piperidine rings is 1. The van der Waals surface area contributed by atoms with Gasteiger partial charge in [0.1, 0.15) is 24.0 Å². The Bertz CT molecular complexity index is 1170. The Hall–Kier alpha value is -2.96. The second-order valence-electron chi connectivity index (χ2n) is 10.0. The van der Waals surface area contributed by atoms with Crippen LogP contribution in [0.5, 0.6) is 5.75 Å². The van der Waals surface area contributed by atoms with E-state index in [2.05, 4.69) is 52.5 Å². The number of fused-ring (bicyclic) bond motifs is 3. The second-order valence-corrected chi connectivity index (χ2v) is 10.0. The van der Waals surface area contributed by atoms with Crippen molar-refractivity contribution in [2.75, 3.05) is 31.1 Å². The largest absolute Gasteiger partial charge is 0.484 e. The van der Waals surface area contributed by atoms with Crippen LogP contribution in [0, 0.1) is 0 Å². The van der Waals surface area contributed by atoms with Crippen LogP contribution in [-0.2, 0) is 11.8 Å². The van der Waals surface area contributed by atoms with Crippen LogP contribution in [0.1, 0.15) is 60.6 Å². The molecule has 0 amide bonds. The van der Waals surface area contributed by atoms with Crippen molar-refractivity contribution >= 4 is 11.5 Å². The molecule has 1 saturated heterocycles. The zero-order valence-electron chi connectivity index (χ0n) is 19.8. The number of benzene rings is 2. The highest BCUT2D eigenvalue weighted by Crippen LogP contribution is 2.51. The smallest absolute Gasteiger partial charge is 0.140 e. The summed E-state index contributed by atoms with van der Waals surface area (Å²) >= 11 is 0. The molecule has 1 spiro atoms. The lowest BCUT2D eigenvalue weighted by Crippen LogP contribution is -2.42. The predicted octanol–water partition coefficient (Wildman–Crippen LogP) is 4.38. The van der Waals surface area contributed by atoms with Gasteiger partial charge in [0.25, 0.3) is 0 Å². The Balaban J connectivity index is 1.40. The molecule has 2 aromatic carbocycles. The van der Waals surface area contributed by atoms with Crippen molar-refractivity contribution in [1.82, 2.24) is 15.3 Å². The highest BCUT2D eigenvalue weighted by Gasteiger charge is 2.45. The van der Waals surface area contributed by atoms with Crippen LogP contribution < -0.4 is 20.7 Å². The molecule has 3 aliphatic rings. The summed E-state index contributed by atoms with van der Waals surface area (Å²) in [6, 6.07) is 16.9. The summed E-state index contributed by atoms with van der Waals surface area (Å²) < 4.78 is 6.46. The lowest BCUT2D eigenvalue weighted by atomic mass is 9.75. The molecule has 6 rings (SSSR count). The summed E-state index contributed by atoms with van der Waals surface area (Å²) in [5.41, 5.74) is 12.5. The van der Waals surface area contributed by atoms with E-state index in [-0.39, 0.29) is 11.5 Å². The molecule has 0 bridgehead atoms. The zero-order valence-corrected chi connectivity index (χ0v) is 19.8. The lowest BCUT2D eigenvalue weighted by Gasteiger charge is -2.35. The van der Waals surface area contributed by atoms with Crippen LogP contribution in [0.2, 0.25) is 0 Å². The number of aromatic nitrogens is 2. The number of hydrogen-bond donors (Lipinski definition) is 2. The second kappa shape index (κ2) is 8.67. The maximum absolute atomic E-state index is 6.46. The number of hydrogen-bond acceptors (Lipinski definition) is 6. The zero-order chi connectivity index (χ0) is 23.1. The van der Waals surface area contributed by atoms with Gasteiger partial charge in [0.2, 0.25) is 0 Å². The van der Waals surface area contributed by atoms with Crippen molar-refractivity contribution in [1.29, 1.82) is 0 Å². The van der Waals surface area contributed by atoms with E-state index in [1.807, 2.05) is 18.2 Å². The average molecular weight is 456 g/mol. The fraction of sp³-hybridized carbons (Fsp3) is 0.429. The molecular formula is C28H33N5O. The summed E-state index contributed by atoms with van der Waals surface area (Å²) in [5.74, 6) is 2.49. The molecule has 2 aliphatic heterocycles. The maximum Gasteiger partial charge on any atom is 0.140 e. The Kier molecular flexibility index (Phi) is 5.50. The summed E-state index contributed by atoms with van der Waals surface area (Å²) in [6.45, 7) is 5.78. The van der Waals surface area contributed by atoms with Crippen molar-refractivity contribution in [3.63, 3.8) is 0 Å². The van der Waals surface area contributed by atoms with Crippen molar-refractivity contribution in [2.24, 2.45) is 5.73 Å². The molecule has 6 heteroatoms. The molecule has 0 saturated carbocycles. The first-order chi connectivity index (χ1) is 16.7. The van der Waals surface area contributed by atoms with Crippen molar-refractivity contribution in [2.45, 2.75) is 50.0 Å². The van der Waals surface area contributed by atoms with Crippen LogP contribution in [0.15, 0.2) is 54.9 Å². The van der Waals surface area contributed by atoms with Gasteiger partial charge in [-0.1, -0.05) is 37.3 Å². The predicted molar refractivity (Wildman–Crippen MR) is 135 cm³/mol. The minimum absolute atomic E-state index is 0.102. The molecule has 3 heterocycles. The van der Waals surface area contributed by atoms with E-state index in [1.165, 1.54) is 22.5 Å². The Morgan fingerprint density at radius 1 is 1.15 bits per heavy atom. The van der Waals surface area contributed by atoms with Gasteiger partial charge in [-0.25, -0.2) is 9.97 Å². The first-order valence-electron chi connectivity index (χ1n) is 12.6. The molecule has 34 heavy (non-hydrogen) atoms. The average Bonchev–Trinajstić information content (AvgIpc) is 3.41. The van der Waals surface area contributed by atoms with Gasteiger partial charge in [-0.3, -0.25) is 0 Å². The fourth-order valence-corrected chi connectivity index (χ4v) is 6.17. The molecule has 0 radical (unpaired) electrons. The monoisotopic (exact) mass is 455 g/mol. The number of nitrogens with zero attached hydrogens (tertiary/aromatic N) is 3. The van der Waals surface area contributed by atoms with Gasteiger partial charge in [-0.05, 0) is 74.0 Å². The topological polar surface area (TPSA) is 76.3 Å². The summed E-state index contributed by atoms with van der Waals surface area (Å²) in [7, 11) is 0. The Morgan fingerprint density at radius 2 is 1.97 bits per heavy atom. The fourth-order valence-electron chi connectivity index (χ4n) is 6.17. The third kappa shape index (κ3) is 3.56. The SMILES string of the molecule is CC1CCc2ncnc(N3CC4(CCNCC4)c4cc(OC(CN)c5ccccc5)ccc43)c21. The normalized spacial score (nSPS) is 21.4. The summed E-state index contributed by atoms with van der Waals surface area (Å²) in [5, 5.41) is 3.56. The van der Waals surface area contributed by atoms with Gasteiger partial charge in [0.05, 0.1) is 0 Å². The molecular weight excluding hydrogens is 422 g/mol. The first-order valence-corrected chi connectivity index (χ1v) is 12.6. The molecule has 2 unspecified atom stereocenters. The quantitative estimate of drug-likeness (QED) is 0.595. The number of anilines is 2. The van der Waals surface area contributed by atoms with Gasteiger partial charge in [0, 0.05) is 35.4 Å². The highest BCUT2D eigenvalue weighted by atomic mass is 16.5. The van der Waals surface area contributed by atoms with E-state index >= 15 is 0 Å². The van der Waals surface area contributed by atoms with E-state index in [0.717, 1.165) is 62.4 Å². The third-order valence-corrected chi connectivity index (χ3v) is 8.02. The molecule has 3 N–H and O–H groups in total. The van der Waals surface area contributed by atoms with Crippen molar-refractivity contribution in [3.05, 3.63) is 77.2 Å². The summed E-state index contributed by atoms with van der Waals surface area (Å²) in [6.07, 6.45) is 6.02. The van der Waals surface area contributed by atoms with Gasteiger partial charge in [-0.15, -0.1) is 0 Å². The minimum Gasteiger partial charge on any atom is -0.484 e. The number of aryl methyl sites for hydroxylation is 1. The number of ether oxygens (including phenoxy) is 1. The molecule has 6 nitrogen and oxygen atoms in total. The Morgan fingerprint density at radius 3 is 2.76 bits per heavy atom. The minimum atomic E-state index is -0.160.